The molecule has 0 unspecified atom stereocenters. The van der Waals surface area contributed by atoms with Gasteiger partial charge in [-0.1, -0.05) is 24.3 Å². The molecule has 0 radical (unpaired) electrons. The molecule has 0 amide bonds. The van der Waals surface area contributed by atoms with E-state index in [1.54, 1.807) is 31.3 Å². The Kier molecular flexibility index (Phi) is 4.91. The average molecular weight is 387 g/mol. The zero-order valence-electron chi connectivity index (χ0n) is 15.7. The largest absolute Gasteiger partial charge is 0.343 e. The molecule has 0 aliphatic carbocycles. The van der Waals surface area contributed by atoms with E-state index in [4.69, 9.17) is 0 Å². The van der Waals surface area contributed by atoms with Crippen molar-refractivity contribution < 1.29 is 9.31 Å². The molecule has 4 rings (SSSR count). The summed E-state index contributed by atoms with van der Waals surface area (Å²) >= 11 is 0. The van der Waals surface area contributed by atoms with Crippen LogP contribution in [0.1, 0.15) is 16.7 Å². The maximum Gasteiger partial charge on any atom is 0.274 e. The molecule has 0 N–H and O–H groups in total. The van der Waals surface area contributed by atoms with E-state index >= 15 is 0 Å². The summed E-state index contributed by atoms with van der Waals surface area (Å²) in [5, 5.41) is 12.1. The highest BCUT2D eigenvalue weighted by atomic mass is 19.1. The topological polar surface area (TPSA) is 60.4 Å². The summed E-state index contributed by atoms with van der Waals surface area (Å²) in [6.07, 6.45) is 3.66. The molecule has 29 heavy (non-hydrogen) atoms. The number of nitrogens with zero attached hydrogens (tertiary/aromatic N) is 3. The van der Waals surface area contributed by atoms with Gasteiger partial charge in [0.2, 0.25) is 0 Å². The summed E-state index contributed by atoms with van der Waals surface area (Å²) in [5.74, 6) is -0.242. The van der Waals surface area contributed by atoms with Gasteiger partial charge in [-0.15, -0.1) is 0 Å². The van der Waals surface area contributed by atoms with E-state index in [2.05, 4.69) is 9.56 Å². The first-order valence-electron chi connectivity index (χ1n) is 9.12. The van der Waals surface area contributed by atoms with Crippen LogP contribution in [0, 0.1) is 22.9 Å². The number of halogens is 1. The van der Waals surface area contributed by atoms with Gasteiger partial charge >= 0.3 is 0 Å². The van der Waals surface area contributed by atoms with Gasteiger partial charge < -0.3 is 4.57 Å². The van der Waals surface area contributed by atoms with Crippen molar-refractivity contribution in [2.75, 3.05) is 0 Å². The van der Waals surface area contributed by atoms with Gasteiger partial charge in [0.1, 0.15) is 5.82 Å². The first kappa shape index (κ1) is 18.6. The molecule has 144 valence electrons. The summed E-state index contributed by atoms with van der Waals surface area (Å²) in [5.41, 5.74) is 4.03. The Labute approximate surface area is 166 Å². The van der Waals surface area contributed by atoms with E-state index in [0.717, 1.165) is 22.0 Å². The smallest absolute Gasteiger partial charge is 0.274 e. The number of benzene rings is 3. The molecule has 0 saturated carbocycles. The third-order valence-corrected chi connectivity index (χ3v) is 4.79. The van der Waals surface area contributed by atoms with Gasteiger partial charge in [0.15, 0.2) is 0 Å². The van der Waals surface area contributed by atoms with Crippen LogP contribution in [-0.2, 0) is 6.54 Å². The number of aliphatic imine (C=N–C) groups is 1. The Bertz CT molecular complexity index is 1240. The molecule has 6 heteroatoms. The van der Waals surface area contributed by atoms with Crippen LogP contribution >= 0.6 is 0 Å². The number of nitro groups is 1. The van der Waals surface area contributed by atoms with E-state index in [1.165, 1.54) is 18.2 Å². The van der Waals surface area contributed by atoms with Crippen molar-refractivity contribution in [1.29, 1.82) is 0 Å². The zero-order valence-corrected chi connectivity index (χ0v) is 15.7. The Morgan fingerprint density at radius 3 is 2.76 bits per heavy atom. The van der Waals surface area contributed by atoms with Crippen molar-refractivity contribution in [2.24, 2.45) is 4.99 Å². The number of aryl methyl sites for hydroxylation is 1. The monoisotopic (exact) mass is 387 g/mol. The SMILES string of the molecule is Cc1ccc(N=Cc2ccc3c(ccn3Cc3cccc(F)c3)c2)cc1[N+](=O)[O-]. The zero-order chi connectivity index (χ0) is 20.4. The van der Waals surface area contributed by atoms with Crippen molar-refractivity contribution in [1.82, 2.24) is 4.57 Å². The molecule has 4 aromatic rings. The molecule has 0 aliphatic rings. The van der Waals surface area contributed by atoms with Crippen LogP contribution < -0.4 is 0 Å². The van der Waals surface area contributed by atoms with Crippen LogP contribution in [0.15, 0.2) is 77.9 Å². The first-order valence-corrected chi connectivity index (χ1v) is 9.12. The van der Waals surface area contributed by atoms with Gasteiger partial charge in [-0.2, -0.15) is 0 Å². The third kappa shape index (κ3) is 4.06. The van der Waals surface area contributed by atoms with Crippen molar-refractivity contribution in [3.8, 4) is 0 Å². The lowest BCUT2D eigenvalue weighted by Gasteiger charge is -2.06. The van der Waals surface area contributed by atoms with Gasteiger partial charge in [-0.05, 0) is 54.4 Å². The average Bonchev–Trinajstić information content (AvgIpc) is 3.09. The minimum Gasteiger partial charge on any atom is -0.343 e. The molecule has 5 nitrogen and oxygen atoms in total. The molecule has 0 spiro atoms. The molecule has 0 saturated heterocycles. The predicted molar refractivity (Wildman–Crippen MR) is 113 cm³/mol. The van der Waals surface area contributed by atoms with Crippen LogP contribution in [-0.4, -0.2) is 15.7 Å². The number of aromatic nitrogens is 1. The fraction of sp³-hybridized carbons (Fsp3) is 0.0870. The number of hydrogen-bond donors (Lipinski definition) is 0. The van der Waals surface area contributed by atoms with E-state index in [9.17, 15) is 14.5 Å². The fourth-order valence-electron chi connectivity index (χ4n) is 3.29. The second kappa shape index (κ2) is 7.67. The molecule has 0 atom stereocenters. The van der Waals surface area contributed by atoms with Gasteiger partial charge in [0.25, 0.3) is 5.69 Å². The number of fused-ring (bicyclic) bond motifs is 1. The maximum atomic E-state index is 13.4. The highest BCUT2D eigenvalue weighted by molar-refractivity contribution is 5.90. The van der Waals surface area contributed by atoms with Gasteiger partial charge in [0.05, 0.1) is 10.6 Å². The van der Waals surface area contributed by atoms with Crippen LogP contribution in [0.3, 0.4) is 0 Å². The standard InChI is InChI=1S/C23H18FN3O2/c1-16-5-7-21(13-23(16)27(28)29)25-14-17-6-8-22-19(11-17)9-10-26(22)15-18-3-2-4-20(24)12-18/h2-14H,15H2,1H3. The Balaban J connectivity index is 1.58. The lowest BCUT2D eigenvalue weighted by Crippen LogP contribution is -1.98. The Morgan fingerprint density at radius 1 is 1.10 bits per heavy atom. The summed E-state index contributed by atoms with van der Waals surface area (Å²) < 4.78 is 15.5. The minimum atomic E-state index is -0.401. The summed E-state index contributed by atoms with van der Waals surface area (Å²) in [4.78, 5) is 15.0. The highest BCUT2D eigenvalue weighted by Gasteiger charge is 2.10. The fourth-order valence-corrected chi connectivity index (χ4v) is 3.29. The molecule has 0 bridgehead atoms. The van der Waals surface area contributed by atoms with Gasteiger partial charge in [0, 0.05) is 41.5 Å². The summed E-state index contributed by atoms with van der Waals surface area (Å²) in [6, 6.07) is 19.4. The predicted octanol–water partition coefficient (Wildman–Crippen LogP) is 5.80. The van der Waals surface area contributed by atoms with Gasteiger partial charge in [-0.3, -0.25) is 15.1 Å². The number of nitro benzene ring substituents is 1. The Morgan fingerprint density at radius 2 is 1.97 bits per heavy atom. The summed E-state index contributed by atoms with van der Waals surface area (Å²) in [7, 11) is 0. The van der Waals surface area contributed by atoms with Crippen LogP contribution in [0.2, 0.25) is 0 Å². The molecular weight excluding hydrogens is 369 g/mol. The minimum absolute atomic E-state index is 0.0597. The highest BCUT2D eigenvalue weighted by Crippen LogP contribution is 2.24. The summed E-state index contributed by atoms with van der Waals surface area (Å²) in [6.45, 7) is 2.29. The second-order valence-corrected chi connectivity index (χ2v) is 6.88. The number of rotatable bonds is 5. The van der Waals surface area contributed by atoms with Crippen molar-refractivity contribution >= 4 is 28.5 Å². The molecule has 1 heterocycles. The van der Waals surface area contributed by atoms with Crippen LogP contribution in [0.5, 0.6) is 0 Å². The molecule has 0 fully saturated rings. The lowest BCUT2D eigenvalue weighted by molar-refractivity contribution is -0.385. The molecule has 0 aliphatic heterocycles. The normalized spacial score (nSPS) is 11.4. The first-order chi connectivity index (χ1) is 14.0. The van der Waals surface area contributed by atoms with Gasteiger partial charge in [-0.25, -0.2) is 4.39 Å². The van der Waals surface area contributed by atoms with Crippen molar-refractivity contribution in [3.63, 3.8) is 0 Å². The van der Waals surface area contributed by atoms with Crippen LogP contribution in [0.4, 0.5) is 15.8 Å². The quantitative estimate of drug-likeness (QED) is 0.247. The van der Waals surface area contributed by atoms with E-state index in [0.29, 0.717) is 17.8 Å². The molecule has 1 aromatic heterocycles. The van der Waals surface area contributed by atoms with Crippen molar-refractivity contribution in [2.45, 2.75) is 13.5 Å². The second-order valence-electron chi connectivity index (χ2n) is 6.88. The third-order valence-electron chi connectivity index (χ3n) is 4.79. The van der Waals surface area contributed by atoms with E-state index in [-0.39, 0.29) is 11.5 Å². The maximum absolute atomic E-state index is 13.4. The van der Waals surface area contributed by atoms with Crippen molar-refractivity contribution in [3.05, 3.63) is 106 Å². The van der Waals surface area contributed by atoms with Crippen LogP contribution in [0.25, 0.3) is 10.9 Å². The number of hydrogen-bond acceptors (Lipinski definition) is 3. The van der Waals surface area contributed by atoms with E-state index in [1.807, 2.05) is 36.5 Å². The van der Waals surface area contributed by atoms with E-state index < -0.39 is 4.92 Å². The Hall–Kier alpha value is -3.80. The molecule has 3 aromatic carbocycles. The lowest BCUT2D eigenvalue weighted by atomic mass is 10.1. The molecular formula is C23H18FN3O2.